The van der Waals surface area contributed by atoms with Gasteiger partial charge in [0.1, 0.15) is 22.8 Å². The Labute approximate surface area is 207 Å². The predicted octanol–water partition coefficient (Wildman–Crippen LogP) is 0.182. The monoisotopic (exact) mass is 495 g/mol. The number of rotatable bonds is 3. The van der Waals surface area contributed by atoms with Crippen LogP contribution in [-0.4, -0.2) is 91.6 Å². The molecule has 1 heterocycles. The molecule has 1 saturated heterocycles. The van der Waals surface area contributed by atoms with Crippen molar-refractivity contribution in [3.8, 4) is 5.75 Å². The van der Waals surface area contributed by atoms with E-state index in [1.54, 1.807) is 12.1 Å². The molecule has 190 valence electrons. The first-order valence-electron chi connectivity index (χ1n) is 12.4. The number of benzene rings is 1. The van der Waals surface area contributed by atoms with Gasteiger partial charge in [0, 0.05) is 43.7 Å². The number of phenols is 1. The molecule has 0 aromatic heterocycles. The molecule has 4 atom stereocenters. The van der Waals surface area contributed by atoms with E-state index in [2.05, 4.69) is 4.90 Å². The standard InChI is InChI=1S/C26H29N3O7/c27-25(35)19-22(32)20(29-8-6-28(7-9-29)14-4-5-14)15-11-13-10-12-2-1-3-16(30)17(12)21(31)18(13)23(33)26(15,36)24(19)34/h1-3,13-15,20,30-31,34,36H,4-11H2,(H2,27,35)/t13-,15-,20+,26-/m0/s1. The Kier molecular flexibility index (Phi) is 5.09. The molecule has 6 N–H and O–H groups in total. The van der Waals surface area contributed by atoms with Crippen LogP contribution in [0.15, 0.2) is 35.1 Å². The van der Waals surface area contributed by atoms with Crippen molar-refractivity contribution >= 4 is 23.2 Å². The number of aromatic hydroxyl groups is 1. The average Bonchev–Trinajstić information content (AvgIpc) is 3.67. The quantitative estimate of drug-likeness (QED) is 0.368. The largest absolute Gasteiger partial charge is 0.508 e. The number of Topliss-reactive ketones (excluding diaryl/α,β-unsaturated/α-hetero) is 2. The number of carbonyl (C=O) groups excluding carboxylic acids is 3. The maximum absolute atomic E-state index is 13.9. The number of amides is 1. The molecule has 3 fully saturated rings. The molecule has 0 unspecified atom stereocenters. The fraction of sp³-hybridized carbons (Fsp3) is 0.500. The van der Waals surface area contributed by atoms with E-state index in [9.17, 15) is 34.8 Å². The number of fused-ring (bicyclic) bond motifs is 3. The van der Waals surface area contributed by atoms with Gasteiger partial charge >= 0.3 is 0 Å². The summed E-state index contributed by atoms with van der Waals surface area (Å²) in [6, 6.07) is 4.32. The van der Waals surface area contributed by atoms with Crippen LogP contribution in [0.5, 0.6) is 5.75 Å². The summed E-state index contributed by atoms with van der Waals surface area (Å²) in [6.07, 6.45) is 2.73. The number of aliphatic hydroxyl groups excluding tert-OH is 2. The fourth-order valence-electron chi connectivity index (χ4n) is 6.83. The van der Waals surface area contributed by atoms with Gasteiger partial charge in [-0.25, -0.2) is 0 Å². The van der Waals surface area contributed by atoms with E-state index in [1.807, 2.05) is 4.90 Å². The molecule has 10 heteroatoms. The summed E-state index contributed by atoms with van der Waals surface area (Å²) in [6.45, 7) is 2.46. The van der Waals surface area contributed by atoms with Gasteiger partial charge in [-0.05, 0) is 43.2 Å². The smallest absolute Gasteiger partial charge is 0.255 e. The Hall–Kier alpha value is -3.21. The molecule has 0 spiro atoms. The van der Waals surface area contributed by atoms with E-state index in [0.29, 0.717) is 31.1 Å². The van der Waals surface area contributed by atoms with Gasteiger partial charge in [-0.3, -0.25) is 24.2 Å². The zero-order valence-corrected chi connectivity index (χ0v) is 19.7. The van der Waals surface area contributed by atoms with Gasteiger partial charge in [0.05, 0.1) is 11.6 Å². The maximum atomic E-state index is 13.9. The van der Waals surface area contributed by atoms with Crippen molar-refractivity contribution in [3.05, 3.63) is 46.2 Å². The molecule has 36 heavy (non-hydrogen) atoms. The zero-order chi connectivity index (χ0) is 25.5. The first-order valence-corrected chi connectivity index (χ1v) is 12.4. The second-order valence-corrected chi connectivity index (χ2v) is 10.6. The summed E-state index contributed by atoms with van der Waals surface area (Å²) in [7, 11) is 0. The normalized spacial score (nSPS) is 33.3. The van der Waals surface area contributed by atoms with E-state index >= 15 is 0 Å². The minimum Gasteiger partial charge on any atom is -0.508 e. The molecule has 1 aromatic carbocycles. The SMILES string of the molecule is NC(=O)C1=C(O)[C@@]2(O)C(=O)C3=C(O)c4c(O)cccc4C[C@H]3C[C@H]2[C@@H](N2CCN(C3CC3)CC2)C1=O. The minimum absolute atomic E-state index is 0.109. The van der Waals surface area contributed by atoms with Gasteiger partial charge in [0.25, 0.3) is 5.91 Å². The molecule has 6 rings (SSSR count). The first-order chi connectivity index (χ1) is 17.1. The van der Waals surface area contributed by atoms with Gasteiger partial charge in [0.2, 0.25) is 5.78 Å². The number of nitrogens with zero attached hydrogens (tertiary/aromatic N) is 2. The Morgan fingerprint density at radius 1 is 1.03 bits per heavy atom. The van der Waals surface area contributed by atoms with Crippen LogP contribution in [0.4, 0.5) is 0 Å². The maximum Gasteiger partial charge on any atom is 0.255 e. The molecular formula is C26H29N3O7. The van der Waals surface area contributed by atoms with Crippen molar-refractivity contribution in [3.63, 3.8) is 0 Å². The highest BCUT2D eigenvalue weighted by atomic mass is 16.3. The van der Waals surface area contributed by atoms with E-state index < -0.39 is 58.0 Å². The molecule has 0 bridgehead atoms. The Morgan fingerprint density at radius 3 is 2.33 bits per heavy atom. The molecule has 5 aliphatic rings. The van der Waals surface area contributed by atoms with Crippen LogP contribution in [0.2, 0.25) is 0 Å². The predicted molar refractivity (Wildman–Crippen MR) is 127 cm³/mol. The van der Waals surface area contributed by atoms with E-state index in [0.717, 1.165) is 25.9 Å². The summed E-state index contributed by atoms with van der Waals surface area (Å²) >= 11 is 0. The van der Waals surface area contributed by atoms with Crippen LogP contribution < -0.4 is 5.73 Å². The van der Waals surface area contributed by atoms with Crippen LogP contribution in [0.1, 0.15) is 30.4 Å². The van der Waals surface area contributed by atoms with Crippen molar-refractivity contribution in [2.75, 3.05) is 26.2 Å². The molecule has 1 aromatic rings. The van der Waals surface area contributed by atoms with Crippen molar-refractivity contribution in [2.45, 2.75) is 43.4 Å². The lowest BCUT2D eigenvalue weighted by molar-refractivity contribution is -0.156. The van der Waals surface area contributed by atoms with E-state index in [1.165, 1.54) is 6.07 Å². The molecule has 1 aliphatic heterocycles. The van der Waals surface area contributed by atoms with Gasteiger partial charge in [-0.2, -0.15) is 0 Å². The summed E-state index contributed by atoms with van der Waals surface area (Å²) in [5.74, 6) is -6.17. The van der Waals surface area contributed by atoms with Crippen LogP contribution in [0, 0.1) is 11.8 Å². The first kappa shape index (κ1) is 23.2. The molecule has 10 nitrogen and oxygen atoms in total. The molecule has 1 amide bonds. The number of carbonyl (C=O) groups is 3. The highest BCUT2D eigenvalue weighted by Gasteiger charge is 2.64. The van der Waals surface area contributed by atoms with Crippen LogP contribution in [0.25, 0.3) is 5.76 Å². The van der Waals surface area contributed by atoms with Crippen molar-refractivity contribution in [2.24, 2.45) is 17.6 Å². The molecular weight excluding hydrogens is 466 g/mol. The topological polar surface area (TPSA) is 165 Å². The van der Waals surface area contributed by atoms with Gasteiger partial charge < -0.3 is 26.2 Å². The number of aliphatic hydroxyl groups is 3. The lowest BCUT2D eigenvalue weighted by Crippen LogP contribution is -2.68. The van der Waals surface area contributed by atoms with E-state index in [4.69, 9.17) is 5.73 Å². The number of nitrogens with two attached hydrogens (primary N) is 1. The third-order valence-corrected chi connectivity index (χ3v) is 8.71. The second kappa shape index (κ2) is 7.89. The molecule has 2 saturated carbocycles. The number of phenolic OH excluding ortho intramolecular Hbond substituents is 1. The summed E-state index contributed by atoms with van der Waals surface area (Å²) in [4.78, 5) is 44.0. The number of ketones is 2. The highest BCUT2D eigenvalue weighted by molar-refractivity contribution is 6.24. The Bertz CT molecular complexity index is 1260. The van der Waals surface area contributed by atoms with Gasteiger partial charge in [-0.1, -0.05) is 12.1 Å². The Balaban J connectivity index is 1.46. The minimum atomic E-state index is -2.60. The second-order valence-electron chi connectivity index (χ2n) is 10.6. The zero-order valence-electron chi connectivity index (χ0n) is 19.7. The van der Waals surface area contributed by atoms with Crippen molar-refractivity contribution < 1.29 is 34.8 Å². The van der Waals surface area contributed by atoms with Crippen LogP contribution >= 0.6 is 0 Å². The molecule has 4 aliphatic carbocycles. The third-order valence-electron chi connectivity index (χ3n) is 8.71. The lowest BCUT2D eigenvalue weighted by Gasteiger charge is -2.52. The average molecular weight is 496 g/mol. The number of hydrogen-bond acceptors (Lipinski definition) is 9. The summed E-state index contributed by atoms with van der Waals surface area (Å²) in [5.41, 5.74) is 2.72. The van der Waals surface area contributed by atoms with Crippen LogP contribution in [-0.2, 0) is 20.8 Å². The summed E-state index contributed by atoms with van der Waals surface area (Å²) < 4.78 is 0. The fourth-order valence-corrected chi connectivity index (χ4v) is 6.83. The van der Waals surface area contributed by atoms with Crippen molar-refractivity contribution in [1.82, 2.24) is 9.80 Å². The number of hydrogen-bond donors (Lipinski definition) is 5. The summed E-state index contributed by atoms with van der Waals surface area (Å²) in [5, 5.41) is 44.2. The Morgan fingerprint density at radius 2 is 1.69 bits per heavy atom. The van der Waals surface area contributed by atoms with Gasteiger partial charge in [-0.15, -0.1) is 0 Å². The van der Waals surface area contributed by atoms with Crippen LogP contribution in [0.3, 0.4) is 0 Å². The van der Waals surface area contributed by atoms with E-state index in [-0.39, 0.29) is 23.3 Å². The highest BCUT2D eigenvalue weighted by Crippen LogP contribution is 2.52. The van der Waals surface area contributed by atoms with Gasteiger partial charge in [0.15, 0.2) is 11.4 Å². The number of primary amides is 1. The molecule has 0 radical (unpaired) electrons. The lowest BCUT2D eigenvalue weighted by atomic mass is 9.57. The number of piperazine rings is 1. The van der Waals surface area contributed by atoms with Crippen molar-refractivity contribution in [1.29, 1.82) is 0 Å². The third kappa shape index (κ3) is 3.11.